The Hall–Kier alpha value is -2.41. The van der Waals surface area contributed by atoms with Crippen molar-refractivity contribution in [3.63, 3.8) is 0 Å². The highest BCUT2D eigenvalue weighted by Gasteiger charge is 2.23. The van der Waals surface area contributed by atoms with Crippen molar-refractivity contribution in [3.8, 4) is 0 Å². The molecule has 26 heavy (non-hydrogen) atoms. The Labute approximate surface area is 157 Å². The van der Waals surface area contributed by atoms with Gasteiger partial charge in [-0.2, -0.15) is 0 Å². The fourth-order valence-corrected chi connectivity index (χ4v) is 2.91. The van der Waals surface area contributed by atoms with Gasteiger partial charge < -0.3 is 15.1 Å². The van der Waals surface area contributed by atoms with Crippen LogP contribution in [0.25, 0.3) is 0 Å². The third-order valence-corrected chi connectivity index (χ3v) is 4.59. The number of halogens is 2. The predicted molar refractivity (Wildman–Crippen MR) is 100 cm³/mol. The summed E-state index contributed by atoms with van der Waals surface area (Å²) >= 11 is 5.74. The van der Waals surface area contributed by atoms with E-state index in [4.69, 9.17) is 11.6 Å². The van der Waals surface area contributed by atoms with Crippen LogP contribution in [-0.2, 0) is 0 Å². The standard InChI is InChI=1S/C18H21ClFN5O/c1-12(2)14-6-7-21-17(22-14)24-8-10-25(11-9-24)18(26)23-15-5-3-4-13(19)16(15)20/h3-7,12H,8-11H2,1-2H3,(H,23,26). The first-order valence-corrected chi connectivity index (χ1v) is 8.91. The van der Waals surface area contributed by atoms with Crippen LogP contribution in [0.1, 0.15) is 25.5 Å². The molecule has 3 rings (SSSR count). The van der Waals surface area contributed by atoms with Gasteiger partial charge in [0, 0.05) is 38.1 Å². The number of piperazine rings is 1. The minimum Gasteiger partial charge on any atom is -0.337 e. The first-order chi connectivity index (χ1) is 12.5. The molecule has 0 atom stereocenters. The van der Waals surface area contributed by atoms with Gasteiger partial charge in [-0.05, 0) is 24.1 Å². The molecule has 1 N–H and O–H groups in total. The monoisotopic (exact) mass is 377 g/mol. The number of benzene rings is 1. The number of aromatic nitrogens is 2. The molecule has 2 aromatic rings. The number of carbonyl (C=O) groups excluding carboxylic acids is 1. The van der Waals surface area contributed by atoms with Crippen LogP contribution in [0, 0.1) is 5.82 Å². The molecule has 0 bridgehead atoms. The van der Waals surface area contributed by atoms with Gasteiger partial charge in [0.25, 0.3) is 0 Å². The van der Waals surface area contributed by atoms with Crippen molar-refractivity contribution in [2.24, 2.45) is 0 Å². The van der Waals surface area contributed by atoms with E-state index in [1.807, 2.05) is 6.07 Å². The zero-order chi connectivity index (χ0) is 18.7. The van der Waals surface area contributed by atoms with Gasteiger partial charge in [-0.25, -0.2) is 19.2 Å². The number of carbonyl (C=O) groups is 1. The van der Waals surface area contributed by atoms with Crippen molar-refractivity contribution in [2.75, 3.05) is 36.4 Å². The van der Waals surface area contributed by atoms with E-state index in [2.05, 4.69) is 34.0 Å². The molecule has 2 amide bonds. The van der Waals surface area contributed by atoms with Gasteiger partial charge in [0.2, 0.25) is 5.95 Å². The minimum atomic E-state index is -0.625. The van der Waals surface area contributed by atoms with Crippen molar-refractivity contribution >= 4 is 29.3 Å². The summed E-state index contributed by atoms with van der Waals surface area (Å²) in [6.07, 6.45) is 1.76. The topological polar surface area (TPSA) is 61.4 Å². The first-order valence-electron chi connectivity index (χ1n) is 8.53. The van der Waals surface area contributed by atoms with Crippen LogP contribution < -0.4 is 10.2 Å². The smallest absolute Gasteiger partial charge is 0.322 e. The highest BCUT2D eigenvalue weighted by atomic mass is 35.5. The molecule has 1 saturated heterocycles. The minimum absolute atomic E-state index is 0.0187. The molecule has 1 aromatic carbocycles. The van der Waals surface area contributed by atoms with Crippen LogP contribution in [0.5, 0.6) is 0 Å². The number of hydrogen-bond acceptors (Lipinski definition) is 4. The maximum absolute atomic E-state index is 13.9. The normalized spacial score (nSPS) is 14.7. The van der Waals surface area contributed by atoms with Gasteiger partial charge in [-0.1, -0.05) is 31.5 Å². The highest BCUT2D eigenvalue weighted by Crippen LogP contribution is 2.22. The maximum Gasteiger partial charge on any atom is 0.322 e. The summed E-state index contributed by atoms with van der Waals surface area (Å²) in [7, 11) is 0. The number of nitrogens with one attached hydrogen (secondary N) is 1. The lowest BCUT2D eigenvalue weighted by Gasteiger charge is -2.34. The van der Waals surface area contributed by atoms with Crippen LogP contribution in [0.4, 0.5) is 20.8 Å². The van der Waals surface area contributed by atoms with Crippen LogP contribution in [0.2, 0.25) is 5.02 Å². The Bertz CT molecular complexity index is 793. The average Bonchev–Trinajstić information content (AvgIpc) is 2.65. The molecule has 1 aromatic heterocycles. The third-order valence-electron chi connectivity index (χ3n) is 4.30. The van der Waals surface area contributed by atoms with E-state index in [9.17, 15) is 9.18 Å². The Kier molecular flexibility index (Phi) is 5.56. The molecule has 8 heteroatoms. The van der Waals surface area contributed by atoms with E-state index in [1.54, 1.807) is 17.2 Å². The van der Waals surface area contributed by atoms with E-state index in [0.29, 0.717) is 38.0 Å². The lowest BCUT2D eigenvalue weighted by molar-refractivity contribution is 0.208. The largest absolute Gasteiger partial charge is 0.337 e. The van der Waals surface area contributed by atoms with Crippen LogP contribution in [-0.4, -0.2) is 47.1 Å². The first kappa shape index (κ1) is 18.4. The molecule has 0 spiro atoms. The Morgan fingerprint density at radius 2 is 1.96 bits per heavy atom. The second-order valence-corrected chi connectivity index (χ2v) is 6.85. The van der Waals surface area contributed by atoms with E-state index < -0.39 is 5.82 Å². The van der Waals surface area contributed by atoms with Gasteiger partial charge in [0.05, 0.1) is 10.7 Å². The molecule has 0 saturated carbocycles. The number of hydrogen-bond donors (Lipinski definition) is 1. The SMILES string of the molecule is CC(C)c1ccnc(N2CCN(C(=O)Nc3cccc(Cl)c3F)CC2)n1. The van der Waals surface area contributed by atoms with Crippen LogP contribution >= 0.6 is 11.6 Å². The Balaban J connectivity index is 1.60. The van der Waals surface area contributed by atoms with E-state index in [1.165, 1.54) is 12.1 Å². The second-order valence-electron chi connectivity index (χ2n) is 6.44. The molecular weight excluding hydrogens is 357 g/mol. The number of anilines is 2. The van der Waals surface area contributed by atoms with Crippen molar-refractivity contribution in [1.82, 2.24) is 14.9 Å². The summed E-state index contributed by atoms with van der Waals surface area (Å²) in [5.41, 5.74) is 1.07. The van der Waals surface area contributed by atoms with Gasteiger partial charge >= 0.3 is 6.03 Å². The number of urea groups is 1. The molecule has 138 valence electrons. The molecule has 0 radical (unpaired) electrons. The number of nitrogens with zero attached hydrogens (tertiary/aromatic N) is 4. The summed E-state index contributed by atoms with van der Waals surface area (Å²) in [5, 5.41) is 2.56. The molecule has 1 fully saturated rings. The molecule has 1 aliphatic rings. The summed E-state index contributed by atoms with van der Waals surface area (Å²) in [5.74, 6) is 0.383. The van der Waals surface area contributed by atoms with Crippen molar-refractivity contribution in [1.29, 1.82) is 0 Å². The average molecular weight is 378 g/mol. The zero-order valence-electron chi connectivity index (χ0n) is 14.7. The van der Waals surface area contributed by atoms with Gasteiger partial charge in [0.1, 0.15) is 0 Å². The lowest BCUT2D eigenvalue weighted by Crippen LogP contribution is -2.50. The number of amides is 2. The Morgan fingerprint density at radius 1 is 1.23 bits per heavy atom. The summed E-state index contributed by atoms with van der Waals surface area (Å²) in [6.45, 7) is 6.42. The van der Waals surface area contributed by atoms with Crippen LogP contribution in [0.3, 0.4) is 0 Å². The van der Waals surface area contributed by atoms with Crippen molar-refractivity contribution in [3.05, 3.63) is 47.0 Å². The highest BCUT2D eigenvalue weighted by molar-refractivity contribution is 6.31. The quantitative estimate of drug-likeness (QED) is 0.885. The fourth-order valence-electron chi connectivity index (χ4n) is 2.74. The molecule has 0 aliphatic carbocycles. The van der Waals surface area contributed by atoms with Crippen LogP contribution in [0.15, 0.2) is 30.5 Å². The third kappa shape index (κ3) is 4.04. The van der Waals surface area contributed by atoms with Gasteiger partial charge in [0.15, 0.2) is 5.82 Å². The molecular formula is C18H21ClFN5O. The second kappa shape index (κ2) is 7.86. The fraction of sp³-hybridized carbons (Fsp3) is 0.389. The number of rotatable bonds is 3. The van der Waals surface area contributed by atoms with Gasteiger partial charge in [-0.3, -0.25) is 0 Å². The zero-order valence-corrected chi connectivity index (χ0v) is 15.5. The summed E-state index contributed by atoms with van der Waals surface area (Å²) in [6, 6.07) is 6.09. The van der Waals surface area contributed by atoms with Crippen molar-refractivity contribution in [2.45, 2.75) is 19.8 Å². The summed E-state index contributed by atoms with van der Waals surface area (Å²) < 4.78 is 13.9. The molecule has 6 nitrogen and oxygen atoms in total. The molecule has 0 unspecified atom stereocenters. The predicted octanol–water partition coefficient (Wildman–Crippen LogP) is 3.75. The maximum atomic E-state index is 13.9. The lowest BCUT2D eigenvalue weighted by atomic mass is 10.1. The molecule has 1 aliphatic heterocycles. The Morgan fingerprint density at radius 3 is 2.65 bits per heavy atom. The van der Waals surface area contributed by atoms with Crippen molar-refractivity contribution < 1.29 is 9.18 Å². The summed E-state index contributed by atoms with van der Waals surface area (Å²) in [4.78, 5) is 25.0. The van der Waals surface area contributed by atoms with E-state index in [-0.39, 0.29) is 16.7 Å². The van der Waals surface area contributed by atoms with E-state index in [0.717, 1.165) is 5.69 Å². The van der Waals surface area contributed by atoms with Gasteiger partial charge in [-0.15, -0.1) is 0 Å². The molecule has 2 heterocycles. The van der Waals surface area contributed by atoms with E-state index >= 15 is 0 Å².